The lowest BCUT2D eigenvalue weighted by Gasteiger charge is -2.40. The van der Waals surface area contributed by atoms with Crippen molar-refractivity contribution >= 4 is 50.9 Å². The van der Waals surface area contributed by atoms with Crippen molar-refractivity contribution in [2.24, 2.45) is 10.9 Å². The summed E-state index contributed by atoms with van der Waals surface area (Å²) in [5.41, 5.74) is -0.332. The van der Waals surface area contributed by atoms with E-state index >= 15 is 0 Å². The zero-order chi connectivity index (χ0) is 32.4. The molecule has 15 heteroatoms. The van der Waals surface area contributed by atoms with Crippen molar-refractivity contribution in [1.82, 2.24) is 14.2 Å². The molecule has 2 aromatic rings. The summed E-state index contributed by atoms with van der Waals surface area (Å²) in [4.78, 5) is 38.0. The summed E-state index contributed by atoms with van der Waals surface area (Å²) in [6.07, 6.45) is 3.43. The van der Waals surface area contributed by atoms with Gasteiger partial charge in [0.25, 0.3) is 0 Å². The molecule has 1 unspecified atom stereocenters. The Balaban J connectivity index is 1.92. The zero-order valence-electron chi connectivity index (χ0n) is 24.9. The molecule has 44 heavy (non-hydrogen) atoms. The van der Waals surface area contributed by atoms with E-state index in [4.69, 9.17) is 26.1 Å². The van der Waals surface area contributed by atoms with Crippen LogP contribution in [-0.4, -0.2) is 72.1 Å². The lowest BCUT2D eigenvalue weighted by atomic mass is 9.80. The summed E-state index contributed by atoms with van der Waals surface area (Å²) < 4.78 is 51.2. The summed E-state index contributed by atoms with van der Waals surface area (Å²) in [6.45, 7) is 4.82. The molecule has 1 aliphatic heterocycles. The number of nitriles is 1. The average molecular weight is 666 g/mol. The average Bonchev–Trinajstić information content (AvgIpc) is 3.48. The van der Waals surface area contributed by atoms with Gasteiger partial charge in [0, 0.05) is 28.6 Å². The number of halogens is 2. The maximum absolute atomic E-state index is 14.2. The van der Waals surface area contributed by atoms with Crippen LogP contribution in [0.2, 0.25) is 5.02 Å². The van der Waals surface area contributed by atoms with Gasteiger partial charge in [0.05, 0.1) is 30.7 Å². The highest BCUT2D eigenvalue weighted by Gasteiger charge is 2.46. The molecule has 1 fully saturated rings. The monoisotopic (exact) mass is 665 g/mol. The molecule has 1 saturated carbocycles. The Kier molecular flexibility index (Phi) is 10.1. The number of hydrogen-bond acceptors (Lipinski definition) is 10. The quantitative estimate of drug-likeness (QED) is 0.281. The molecular formula is C29H33ClFN5O6S2. The highest BCUT2D eigenvalue weighted by atomic mass is 35.5. The van der Waals surface area contributed by atoms with Crippen LogP contribution in [0.4, 0.5) is 9.18 Å². The SMILES string of the molecule is COC(=O)C1=C(C2CCC(N(CC#N)S(C)(=O)=O)CC2)N=C(c2nccs2)N(C(=O)OC(C)(C)C)C1c1ccc(F)cc1Cl. The number of aliphatic imine (C=N–C) groups is 1. The summed E-state index contributed by atoms with van der Waals surface area (Å²) in [6, 6.07) is 3.96. The Labute approximate surface area is 265 Å². The molecule has 2 aliphatic rings. The number of nitrogens with zero attached hydrogens (tertiary/aromatic N) is 5. The predicted octanol–water partition coefficient (Wildman–Crippen LogP) is 5.45. The minimum Gasteiger partial charge on any atom is -0.466 e. The van der Waals surface area contributed by atoms with E-state index in [0.717, 1.165) is 12.3 Å². The second-order valence-electron chi connectivity index (χ2n) is 11.5. The first-order valence-corrected chi connectivity index (χ1v) is 16.9. The topological polar surface area (TPSA) is 142 Å². The molecule has 2 heterocycles. The van der Waals surface area contributed by atoms with Gasteiger partial charge in [-0.25, -0.2) is 37.3 Å². The van der Waals surface area contributed by atoms with E-state index in [0.29, 0.717) is 36.4 Å². The van der Waals surface area contributed by atoms with Crippen molar-refractivity contribution in [3.05, 3.63) is 62.5 Å². The smallest absolute Gasteiger partial charge is 0.416 e. The van der Waals surface area contributed by atoms with Gasteiger partial charge < -0.3 is 9.47 Å². The van der Waals surface area contributed by atoms with E-state index in [1.165, 1.54) is 39.8 Å². The number of amides is 1. The van der Waals surface area contributed by atoms with Crippen molar-refractivity contribution in [2.75, 3.05) is 19.9 Å². The van der Waals surface area contributed by atoms with Gasteiger partial charge in [0.2, 0.25) is 10.0 Å². The fourth-order valence-electron chi connectivity index (χ4n) is 5.49. The van der Waals surface area contributed by atoms with Gasteiger partial charge in [-0.15, -0.1) is 11.3 Å². The van der Waals surface area contributed by atoms with Gasteiger partial charge in [-0.05, 0) is 64.2 Å². The maximum atomic E-state index is 14.2. The van der Waals surface area contributed by atoms with Crippen molar-refractivity contribution in [1.29, 1.82) is 5.26 Å². The van der Waals surface area contributed by atoms with E-state index in [1.54, 1.807) is 32.3 Å². The number of amidine groups is 1. The second-order valence-corrected chi connectivity index (χ2v) is 14.7. The second kappa shape index (κ2) is 13.3. The van der Waals surface area contributed by atoms with Gasteiger partial charge in [-0.2, -0.15) is 9.57 Å². The maximum Gasteiger partial charge on any atom is 0.416 e. The molecule has 1 aliphatic carbocycles. The van der Waals surface area contributed by atoms with Crippen LogP contribution >= 0.6 is 22.9 Å². The molecule has 0 N–H and O–H groups in total. The van der Waals surface area contributed by atoms with Crippen LogP contribution in [0.15, 0.2) is 46.0 Å². The van der Waals surface area contributed by atoms with Crippen molar-refractivity contribution in [3.8, 4) is 6.07 Å². The summed E-state index contributed by atoms with van der Waals surface area (Å²) >= 11 is 7.80. The number of ether oxygens (including phenoxy) is 2. The number of allylic oxidation sites excluding steroid dienone is 1. The molecule has 1 aromatic heterocycles. The Hall–Kier alpha value is -3.38. The number of thiazole rings is 1. The molecule has 11 nitrogen and oxygen atoms in total. The van der Waals surface area contributed by atoms with Crippen LogP contribution in [0.3, 0.4) is 0 Å². The fraction of sp³-hybridized carbons (Fsp3) is 0.483. The van der Waals surface area contributed by atoms with Crippen LogP contribution in [0, 0.1) is 23.1 Å². The molecule has 236 valence electrons. The zero-order valence-corrected chi connectivity index (χ0v) is 27.3. The Morgan fingerprint density at radius 1 is 1.25 bits per heavy atom. The number of esters is 1. The minimum absolute atomic E-state index is 0.0209. The third kappa shape index (κ3) is 7.28. The number of rotatable bonds is 7. The van der Waals surface area contributed by atoms with E-state index in [2.05, 4.69) is 4.98 Å². The van der Waals surface area contributed by atoms with E-state index in [1.807, 2.05) is 6.07 Å². The van der Waals surface area contributed by atoms with Crippen molar-refractivity contribution < 1.29 is 31.9 Å². The largest absolute Gasteiger partial charge is 0.466 e. The molecular weight excluding hydrogens is 633 g/mol. The lowest BCUT2D eigenvalue weighted by molar-refractivity contribution is -0.136. The molecule has 1 amide bonds. The van der Waals surface area contributed by atoms with Crippen LogP contribution in [0.25, 0.3) is 0 Å². The molecule has 4 rings (SSSR count). The number of benzene rings is 1. The predicted molar refractivity (Wildman–Crippen MR) is 163 cm³/mol. The van der Waals surface area contributed by atoms with E-state index in [-0.39, 0.29) is 34.5 Å². The third-order valence-corrected chi connectivity index (χ3v) is 9.66. The first-order valence-electron chi connectivity index (χ1n) is 13.8. The third-order valence-electron chi connectivity index (χ3n) is 7.28. The molecule has 1 atom stereocenters. The van der Waals surface area contributed by atoms with Gasteiger partial charge in [-0.1, -0.05) is 17.7 Å². The highest BCUT2D eigenvalue weighted by molar-refractivity contribution is 7.88. The molecule has 0 saturated heterocycles. The van der Waals surface area contributed by atoms with Crippen LogP contribution < -0.4 is 0 Å². The first-order chi connectivity index (χ1) is 20.7. The summed E-state index contributed by atoms with van der Waals surface area (Å²) in [7, 11) is -2.43. The summed E-state index contributed by atoms with van der Waals surface area (Å²) in [5.74, 6) is -1.62. The van der Waals surface area contributed by atoms with Gasteiger partial charge in [0.15, 0.2) is 10.8 Å². The van der Waals surface area contributed by atoms with E-state index in [9.17, 15) is 27.7 Å². The highest BCUT2D eigenvalue weighted by Crippen LogP contribution is 2.45. The molecule has 0 bridgehead atoms. The number of methoxy groups -OCH3 is 1. The normalized spacial score (nSPS) is 21.1. The van der Waals surface area contributed by atoms with Crippen LogP contribution in [-0.2, 0) is 24.3 Å². The lowest BCUT2D eigenvalue weighted by Crippen LogP contribution is -2.48. The minimum atomic E-state index is -3.63. The number of aromatic nitrogens is 1. The summed E-state index contributed by atoms with van der Waals surface area (Å²) in [5, 5.41) is 11.3. The Morgan fingerprint density at radius 3 is 2.45 bits per heavy atom. The number of carbonyl (C=O) groups is 2. The Morgan fingerprint density at radius 2 is 1.93 bits per heavy atom. The van der Waals surface area contributed by atoms with Gasteiger partial charge in [-0.3, -0.25) is 0 Å². The molecule has 0 spiro atoms. The molecule has 0 radical (unpaired) electrons. The van der Waals surface area contributed by atoms with Gasteiger partial charge >= 0.3 is 12.1 Å². The number of hydrogen-bond donors (Lipinski definition) is 0. The molecule has 1 aromatic carbocycles. The standard InChI is InChI=1S/C29H33ClFN5O6S2/c1-29(2,3)42-28(38)36-24(20-11-8-18(31)16-21(20)30)22(27(37)41-4)23(34-25(36)26-33-13-15-43-26)17-6-9-19(10-7-17)35(14-12-32)44(5,39)40/h8,11,13,15-17,19,24H,6-7,9-10,14H2,1-5H3. The van der Waals surface area contributed by atoms with E-state index < -0.39 is 45.6 Å². The van der Waals surface area contributed by atoms with Crippen LogP contribution in [0.1, 0.15) is 63.1 Å². The fourth-order valence-corrected chi connectivity index (χ4v) is 7.42. The van der Waals surface area contributed by atoms with Crippen molar-refractivity contribution in [2.45, 2.75) is 64.1 Å². The first kappa shape index (κ1) is 33.5. The number of sulfonamides is 1. The van der Waals surface area contributed by atoms with Gasteiger partial charge in [0.1, 0.15) is 24.0 Å². The van der Waals surface area contributed by atoms with Crippen LogP contribution in [0.5, 0.6) is 0 Å². The Bertz CT molecular complexity index is 1620. The number of carbonyl (C=O) groups excluding carboxylic acids is 2. The van der Waals surface area contributed by atoms with Crippen molar-refractivity contribution in [3.63, 3.8) is 0 Å².